The maximum Gasteiger partial charge on any atom is 0.231 e. The Morgan fingerprint density at radius 3 is 2.96 bits per heavy atom. The quantitative estimate of drug-likeness (QED) is 0.809. The highest BCUT2D eigenvalue weighted by Gasteiger charge is 2.37. The van der Waals surface area contributed by atoms with E-state index in [1.54, 1.807) is 7.11 Å². The van der Waals surface area contributed by atoms with Gasteiger partial charge >= 0.3 is 0 Å². The molecule has 4 nitrogen and oxygen atoms in total. The standard InChI is InChI=1S/C19H19NO3/c1-20-6-5-12-8-16-19(23-10-22-16)18-14-9-13(21-2)4-3-11(14)7-15(20)17(12)18/h3-4,8-9,15H,5-7,10H2,1-2H3/t15-/m0/s1. The van der Waals surface area contributed by atoms with Gasteiger partial charge in [0.2, 0.25) is 6.79 Å². The topological polar surface area (TPSA) is 30.9 Å². The summed E-state index contributed by atoms with van der Waals surface area (Å²) in [5, 5.41) is 0. The number of rotatable bonds is 1. The number of fused-ring (bicyclic) bond motifs is 4. The Morgan fingerprint density at radius 2 is 2.09 bits per heavy atom. The van der Waals surface area contributed by atoms with Crippen molar-refractivity contribution in [3.63, 3.8) is 0 Å². The van der Waals surface area contributed by atoms with E-state index in [0.29, 0.717) is 12.8 Å². The van der Waals surface area contributed by atoms with E-state index >= 15 is 0 Å². The molecule has 1 aliphatic carbocycles. The first-order valence-corrected chi connectivity index (χ1v) is 8.09. The van der Waals surface area contributed by atoms with Crippen molar-refractivity contribution >= 4 is 0 Å². The number of likely N-dealkylation sites (N-methyl/N-ethyl adjacent to an activating group) is 1. The number of hydrogen-bond donors (Lipinski definition) is 0. The predicted octanol–water partition coefficient (Wildman–Crippen LogP) is 3.18. The van der Waals surface area contributed by atoms with Crippen molar-refractivity contribution in [2.45, 2.75) is 18.9 Å². The fourth-order valence-corrected chi connectivity index (χ4v) is 4.20. The second kappa shape index (κ2) is 4.65. The summed E-state index contributed by atoms with van der Waals surface area (Å²) in [6.07, 6.45) is 2.10. The number of nitrogens with zero attached hydrogens (tertiary/aromatic N) is 1. The first-order valence-electron chi connectivity index (χ1n) is 8.09. The third kappa shape index (κ3) is 1.75. The molecule has 0 bridgehead atoms. The SMILES string of the molecule is COc1ccc2c(c1)-c1c3c(cc4c1[C@H](C2)N(C)CC4)OCO3. The van der Waals surface area contributed by atoms with Crippen LogP contribution in [0.5, 0.6) is 17.2 Å². The first-order chi connectivity index (χ1) is 11.3. The molecule has 1 atom stereocenters. The molecular formula is C19H19NO3. The maximum absolute atomic E-state index is 5.85. The van der Waals surface area contributed by atoms with E-state index in [9.17, 15) is 0 Å². The normalized spacial score (nSPS) is 20.9. The van der Waals surface area contributed by atoms with Crippen LogP contribution in [0.2, 0.25) is 0 Å². The summed E-state index contributed by atoms with van der Waals surface area (Å²) < 4.78 is 17.0. The van der Waals surface area contributed by atoms with Crippen LogP contribution in [-0.2, 0) is 12.8 Å². The first kappa shape index (κ1) is 13.3. The van der Waals surface area contributed by atoms with Crippen LogP contribution in [0.4, 0.5) is 0 Å². The Hall–Kier alpha value is -2.20. The molecular weight excluding hydrogens is 290 g/mol. The smallest absolute Gasteiger partial charge is 0.231 e. The zero-order chi connectivity index (χ0) is 15.6. The van der Waals surface area contributed by atoms with Crippen LogP contribution in [0.25, 0.3) is 11.1 Å². The van der Waals surface area contributed by atoms with Crippen LogP contribution in [0.1, 0.15) is 22.7 Å². The van der Waals surface area contributed by atoms with Gasteiger partial charge in [0.05, 0.1) is 7.11 Å². The summed E-state index contributed by atoms with van der Waals surface area (Å²) in [6.45, 7) is 1.40. The predicted molar refractivity (Wildman–Crippen MR) is 87.3 cm³/mol. The monoisotopic (exact) mass is 309 g/mol. The lowest BCUT2D eigenvalue weighted by Gasteiger charge is -2.40. The van der Waals surface area contributed by atoms with E-state index < -0.39 is 0 Å². The minimum atomic E-state index is 0.311. The minimum absolute atomic E-state index is 0.311. The van der Waals surface area contributed by atoms with E-state index in [1.807, 2.05) is 6.07 Å². The van der Waals surface area contributed by atoms with Crippen LogP contribution >= 0.6 is 0 Å². The Balaban J connectivity index is 1.85. The molecule has 0 saturated carbocycles. The Bertz CT molecular complexity index is 815. The molecule has 0 unspecified atom stereocenters. The number of benzene rings is 2. The molecule has 0 saturated heterocycles. The maximum atomic E-state index is 5.85. The molecule has 0 amide bonds. The average Bonchev–Trinajstić information content (AvgIpc) is 3.05. The molecule has 2 aromatic carbocycles. The third-order valence-electron chi connectivity index (χ3n) is 5.39. The summed E-state index contributed by atoms with van der Waals surface area (Å²) in [5.74, 6) is 2.67. The fraction of sp³-hybridized carbons (Fsp3) is 0.368. The zero-order valence-corrected chi connectivity index (χ0v) is 13.4. The molecule has 0 fully saturated rings. The highest BCUT2D eigenvalue weighted by molar-refractivity contribution is 5.84. The van der Waals surface area contributed by atoms with Gasteiger partial charge < -0.3 is 14.2 Å². The van der Waals surface area contributed by atoms with Crippen LogP contribution in [0.3, 0.4) is 0 Å². The molecule has 2 aliphatic heterocycles. The number of hydrogen-bond acceptors (Lipinski definition) is 4. The van der Waals surface area contributed by atoms with Crippen molar-refractivity contribution in [3.05, 3.63) is 41.0 Å². The molecule has 2 heterocycles. The van der Waals surface area contributed by atoms with E-state index in [4.69, 9.17) is 14.2 Å². The van der Waals surface area contributed by atoms with Gasteiger partial charge in [-0.2, -0.15) is 0 Å². The minimum Gasteiger partial charge on any atom is -0.497 e. The molecule has 2 aromatic rings. The lowest BCUT2D eigenvalue weighted by atomic mass is 9.76. The largest absolute Gasteiger partial charge is 0.497 e. The van der Waals surface area contributed by atoms with Gasteiger partial charge in [0.25, 0.3) is 0 Å². The van der Waals surface area contributed by atoms with Gasteiger partial charge in [-0.05, 0) is 60.3 Å². The van der Waals surface area contributed by atoms with Crippen LogP contribution in [0.15, 0.2) is 24.3 Å². The molecule has 0 N–H and O–H groups in total. The van der Waals surface area contributed by atoms with Crippen molar-refractivity contribution in [2.24, 2.45) is 0 Å². The van der Waals surface area contributed by atoms with Gasteiger partial charge in [-0.3, -0.25) is 4.90 Å². The van der Waals surface area contributed by atoms with Crippen LogP contribution in [0, 0.1) is 0 Å². The van der Waals surface area contributed by atoms with Gasteiger partial charge in [0.1, 0.15) is 5.75 Å². The van der Waals surface area contributed by atoms with Crippen molar-refractivity contribution < 1.29 is 14.2 Å². The molecule has 23 heavy (non-hydrogen) atoms. The van der Waals surface area contributed by atoms with Crippen molar-refractivity contribution in [3.8, 4) is 28.4 Å². The van der Waals surface area contributed by atoms with Crippen LogP contribution < -0.4 is 14.2 Å². The van der Waals surface area contributed by atoms with E-state index in [-0.39, 0.29) is 0 Å². The molecule has 5 rings (SSSR count). The molecule has 0 aromatic heterocycles. The molecule has 118 valence electrons. The fourth-order valence-electron chi connectivity index (χ4n) is 4.20. The summed E-state index contributed by atoms with van der Waals surface area (Å²) >= 11 is 0. The summed E-state index contributed by atoms with van der Waals surface area (Å²) in [7, 11) is 3.93. The molecule has 4 heteroatoms. The molecule has 0 radical (unpaired) electrons. The van der Waals surface area contributed by atoms with Crippen LogP contribution in [-0.4, -0.2) is 32.4 Å². The van der Waals surface area contributed by atoms with E-state index in [1.165, 1.54) is 27.8 Å². The average molecular weight is 309 g/mol. The summed E-state index contributed by atoms with van der Waals surface area (Å²) in [6, 6.07) is 8.98. The Labute approximate surface area is 135 Å². The second-order valence-electron chi connectivity index (χ2n) is 6.53. The summed E-state index contributed by atoms with van der Waals surface area (Å²) in [5.41, 5.74) is 6.62. The number of ether oxygens (including phenoxy) is 3. The van der Waals surface area contributed by atoms with Gasteiger partial charge in [-0.1, -0.05) is 6.07 Å². The van der Waals surface area contributed by atoms with Gasteiger partial charge in [0.15, 0.2) is 11.5 Å². The highest BCUT2D eigenvalue weighted by Crippen LogP contribution is 2.54. The Kier molecular flexibility index (Phi) is 2.68. The molecule has 0 spiro atoms. The molecule has 3 aliphatic rings. The van der Waals surface area contributed by atoms with Gasteiger partial charge in [-0.15, -0.1) is 0 Å². The van der Waals surface area contributed by atoms with Gasteiger partial charge in [-0.25, -0.2) is 0 Å². The lowest BCUT2D eigenvalue weighted by molar-refractivity contribution is 0.174. The third-order valence-corrected chi connectivity index (χ3v) is 5.39. The van der Waals surface area contributed by atoms with Crippen molar-refractivity contribution in [1.82, 2.24) is 4.90 Å². The van der Waals surface area contributed by atoms with E-state index in [0.717, 1.165) is 36.6 Å². The van der Waals surface area contributed by atoms with Crippen molar-refractivity contribution in [1.29, 1.82) is 0 Å². The number of methoxy groups -OCH3 is 1. The van der Waals surface area contributed by atoms with Gasteiger partial charge in [0, 0.05) is 18.2 Å². The Morgan fingerprint density at radius 1 is 1.17 bits per heavy atom. The summed E-state index contributed by atoms with van der Waals surface area (Å²) in [4.78, 5) is 2.46. The zero-order valence-electron chi connectivity index (χ0n) is 13.4. The van der Waals surface area contributed by atoms with Crippen molar-refractivity contribution in [2.75, 3.05) is 27.5 Å². The lowest BCUT2D eigenvalue weighted by Crippen LogP contribution is -2.35. The van der Waals surface area contributed by atoms with E-state index in [2.05, 4.69) is 30.1 Å². The highest BCUT2D eigenvalue weighted by atomic mass is 16.7. The second-order valence-corrected chi connectivity index (χ2v) is 6.53.